The third-order valence-electron chi connectivity index (χ3n) is 4.49. The van der Waals surface area contributed by atoms with E-state index < -0.39 is 0 Å². The van der Waals surface area contributed by atoms with Gasteiger partial charge < -0.3 is 19.9 Å². The van der Waals surface area contributed by atoms with Gasteiger partial charge in [0.15, 0.2) is 5.82 Å². The average molecular weight is 412 g/mol. The molecule has 1 aliphatic heterocycles. The predicted octanol–water partition coefficient (Wildman–Crippen LogP) is 1.64. The molecule has 152 valence electrons. The van der Waals surface area contributed by atoms with Crippen LogP contribution in [0.5, 0.6) is 0 Å². The van der Waals surface area contributed by atoms with Gasteiger partial charge in [0.25, 0.3) is 0 Å². The van der Waals surface area contributed by atoms with E-state index in [0.29, 0.717) is 38.0 Å². The Bertz CT molecular complexity index is 536. The Kier molecular flexibility index (Phi) is 11.3. The second-order valence-corrected chi connectivity index (χ2v) is 6.39. The van der Waals surface area contributed by atoms with Gasteiger partial charge in [-0.15, -0.1) is 24.8 Å². The van der Waals surface area contributed by atoms with E-state index >= 15 is 0 Å². The molecule has 10 heteroatoms. The number of amides is 1. The molecule has 1 saturated heterocycles. The first-order chi connectivity index (χ1) is 11.4. The van der Waals surface area contributed by atoms with Gasteiger partial charge in [0.2, 0.25) is 11.8 Å². The van der Waals surface area contributed by atoms with Crippen molar-refractivity contribution in [3.8, 4) is 0 Å². The van der Waals surface area contributed by atoms with Crippen molar-refractivity contribution in [3.05, 3.63) is 11.7 Å². The number of carbonyl (C=O) groups excluding carboxylic acids is 1. The summed E-state index contributed by atoms with van der Waals surface area (Å²) in [7, 11) is 0. The molecular weight excluding hydrogens is 381 g/mol. The number of rotatable bonds is 7. The fourth-order valence-electron chi connectivity index (χ4n) is 2.65. The van der Waals surface area contributed by atoms with Crippen LogP contribution < -0.4 is 5.73 Å². The lowest BCUT2D eigenvalue weighted by molar-refractivity contribution is -0.137. The van der Waals surface area contributed by atoms with Crippen LogP contribution in [0.15, 0.2) is 4.52 Å². The molecule has 1 aliphatic rings. The highest BCUT2D eigenvalue weighted by Gasteiger charge is 2.27. The summed E-state index contributed by atoms with van der Waals surface area (Å²) in [6, 6.07) is -0.125. The molecule has 0 radical (unpaired) electrons. The second kappa shape index (κ2) is 11.7. The number of nitrogens with zero attached hydrogens (tertiary/aromatic N) is 4. The summed E-state index contributed by atoms with van der Waals surface area (Å²) < 4.78 is 10.8. The molecule has 2 heterocycles. The maximum absolute atomic E-state index is 12.3. The average Bonchev–Trinajstić information content (AvgIpc) is 3.03. The molecule has 3 atom stereocenters. The predicted molar refractivity (Wildman–Crippen MR) is 104 cm³/mol. The van der Waals surface area contributed by atoms with Crippen molar-refractivity contribution in [2.24, 2.45) is 11.7 Å². The molecule has 1 aromatic heterocycles. The van der Waals surface area contributed by atoms with Crippen molar-refractivity contribution >= 4 is 30.7 Å². The number of nitrogens with two attached hydrogens (primary N) is 1. The van der Waals surface area contributed by atoms with Gasteiger partial charge in [-0.05, 0) is 20.8 Å². The van der Waals surface area contributed by atoms with Gasteiger partial charge in [-0.1, -0.05) is 12.1 Å². The van der Waals surface area contributed by atoms with E-state index in [-0.39, 0.29) is 48.8 Å². The van der Waals surface area contributed by atoms with E-state index in [4.69, 9.17) is 15.0 Å². The second-order valence-electron chi connectivity index (χ2n) is 6.39. The van der Waals surface area contributed by atoms with Gasteiger partial charge in [0, 0.05) is 38.8 Å². The quantitative estimate of drug-likeness (QED) is 0.727. The highest BCUT2D eigenvalue weighted by atomic mass is 35.5. The van der Waals surface area contributed by atoms with Crippen LogP contribution in [0, 0.1) is 5.92 Å². The molecule has 1 fully saturated rings. The number of ether oxygens (including phenoxy) is 1. The summed E-state index contributed by atoms with van der Waals surface area (Å²) in [5.41, 5.74) is 5.83. The minimum atomic E-state index is -0.165. The van der Waals surface area contributed by atoms with E-state index in [2.05, 4.69) is 15.0 Å². The Labute approximate surface area is 167 Å². The molecule has 8 nitrogen and oxygen atoms in total. The van der Waals surface area contributed by atoms with Crippen LogP contribution in [0.1, 0.15) is 45.5 Å². The van der Waals surface area contributed by atoms with Crippen LogP contribution in [0.2, 0.25) is 0 Å². The van der Waals surface area contributed by atoms with Crippen LogP contribution >= 0.6 is 24.8 Å². The van der Waals surface area contributed by atoms with Gasteiger partial charge in [-0.25, -0.2) is 0 Å². The number of hydrogen-bond donors (Lipinski definition) is 1. The number of halogens is 2. The molecule has 0 saturated carbocycles. The standard InChI is InChI=1S/C16H29N5O3.2ClH/c1-5-23-13(4)15-18-14(24-19-15)10-20-6-8-21(9-7-20)16(22)11(2)12(3)17;;/h11-13H,5-10,17H2,1-4H3;2*1H. The van der Waals surface area contributed by atoms with E-state index in [1.165, 1.54) is 0 Å². The smallest absolute Gasteiger partial charge is 0.240 e. The first-order valence-electron chi connectivity index (χ1n) is 8.63. The topological polar surface area (TPSA) is 97.7 Å². The molecule has 2 rings (SSSR count). The Morgan fingerprint density at radius 3 is 2.38 bits per heavy atom. The molecule has 2 N–H and O–H groups in total. The van der Waals surface area contributed by atoms with Crippen LogP contribution in [0.25, 0.3) is 0 Å². The van der Waals surface area contributed by atoms with Crippen molar-refractivity contribution in [2.75, 3.05) is 32.8 Å². The Balaban J connectivity index is 0.00000312. The maximum Gasteiger partial charge on any atom is 0.240 e. The Morgan fingerprint density at radius 2 is 1.85 bits per heavy atom. The first kappa shape index (κ1) is 25.1. The lowest BCUT2D eigenvalue weighted by Crippen LogP contribution is -2.51. The van der Waals surface area contributed by atoms with Gasteiger partial charge in [-0.3, -0.25) is 9.69 Å². The van der Waals surface area contributed by atoms with Crippen molar-refractivity contribution in [1.82, 2.24) is 19.9 Å². The van der Waals surface area contributed by atoms with Crippen molar-refractivity contribution in [1.29, 1.82) is 0 Å². The van der Waals surface area contributed by atoms with Gasteiger partial charge in [0.1, 0.15) is 6.10 Å². The zero-order valence-corrected chi connectivity index (χ0v) is 17.5. The lowest BCUT2D eigenvalue weighted by atomic mass is 10.0. The first-order valence-corrected chi connectivity index (χ1v) is 8.63. The normalized spacial score (nSPS) is 18.4. The van der Waals surface area contributed by atoms with E-state index in [1.807, 2.05) is 32.6 Å². The third-order valence-corrected chi connectivity index (χ3v) is 4.49. The summed E-state index contributed by atoms with van der Waals surface area (Å²) >= 11 is 0. The molecular formula is C16H31Cl2N5O3. The largest absolute Gasteiger partial charge is 0.371 e. The number of aromatic nitrogens is 2. The van der Waals surface area contributed by atoms with Gasteiger partial charge in [0.05, 0.1) is 12.5 Å². The van der Waals surface area contributed by atoms with Crippen LogP contribution in [0.4, 0.5) is 0 Å². The number of hydrogen-bond acceptors (Lipinski definition) is 7. The molecule has 1 amide bonds. The molecule has 0 spiro atoms. The fraction of sp³-hybridized carbons (Fsp3) is 0.812. The van der Waals surface area contributed by atoms with Crippen molar-refractivity contribution < 1.29 is 14.1 Å². The summed E-state index contributed by atoms with van der Waals surface area (Å²) in [6.07, 6.45) is -0.165. The lowest BCUT2D eigenvalue weighted by Gasteiger charge is -2.35. The van der Waals surface area contributed by atoms with Crippen molar-refractivity contribution in [2.45, 2.75) is 46.4 Å². The Morgan fingerprint density at radius 1 is 1.23 bits per heavy atom. The highest BCUT2D eigenvalue weighted by Crippen LogP contribution is 2.15. The van der Waals surface area contributed by atoms with E-state index in [9.17, 15) is 4.79 Å². The summed E-state index contributed by atoms with van der Waals surface area (Å²) in [6.45, 7) is 11.8. The third kappa shape index (κ3) is 6.66. The molecule has 1 aromatic rings. The number of carbonyl (C=O) groups is 1. The summed E-state index contributed by atoms with van der Waals surface area (Å²) in [5.74, 6) is 1.15. The highest BCUT2D eigenvalue weighted by molar-refractivity contribution is 5.85. The summed E-state index contributed by atoms with van der Waals surface area (Å²) in [5, 5.41) is 3.97. The van der Waals surface area contributed by atoms with Crippen LogP contribution in [-0.4, -0.2) is 64.7 Å². The van der Waals surface area contributed by atoms with E-state index in [0.717, 1.165) is 13.1 Å². The molecule has 26 heavy (non-hydrogen) atoms. The molecule has 3 unspecified atom stereocenters. The van der Waals surface area contributed by atoms with Crippen LogP contribution in [0.3, 0.4) is 0 Å². The fourth-order valence-corrected chi connectivity index (χ4v) is 2.65. The zero-order valence-electron chi connectivity index (χ0n) is 15.9. The number of piperazine rings is 1. The molecule has 0 aliphatic carbocycles. The van der Waals surface area contributed by atoms with E-state index in [1.54, 1.807) is 0 Å². The molecule has 0 bridgehead atoms. The maximum atomic E-state index is 12.3. The minimum absolute atomic E-state index is 0. The molecule has 0 aromatic carbocycles. The monoisotopic (exact) mass is 411 g/mol. The zero-order chi connectivity index (χ0) is 17.7. The summed E-state index contributed by atoms with van der Waals surface area (Å²) in [4.78, 5) is 20.8. The van der Waals surface area contributed by atoms with Crippen molar-refractivity contribution in [3.63, 3.8) is 0 Å². The SMILES string of the molecule is CCOC(C)c1noc(CN2CCN(C(=O)C(C)C(C)N)CC2)n1.Cl.Cl. The Hall–Kier alpha value is -0.930. The van der Waals surface area contributed by atoms with Gasteiger partial charge >= 0.3 is 0 Å². The van der Waals surface area contributed by atoms with Crippen LogP contribution in [-0.2, 0) is 16.1 Å². The minimum Gasteiger partial charge on any atom is -0.371 e. The van der Waals surface area contributed by atoms with Gasteiger partial charge in [-0.2, -0.15) is 4.98 Å².